The van der Waals surface area contributed by atoms with Crippen molar-refractivity contribution in [2.24, 2.45) is 0 Å². The first-order chi connectivity index (χ1) is 11.3. The summed E-state index contributed by atoms with van der Waals surface area (Å²) in [7, 11) is 0. The predicted molar refractivity (Wildman–Crippen MR) is 88.5 cm³/mol. The van der Waals surface area contributed by atoms with Crippen molar-refractivity contribution in [1.82, 2.24) is 19.7 Å². The van der Waals surface area contributed by atoms with Gasteiger partial charge in [0.05, 0.1) is 11.6 Å². The lowest BCUT2D eigenvalue weighted by Crippen LogP contribution is -2.29. The normalized spacial score (nSPS) is 21.4. The molecule has 2 heterocycles. The third-order valence-corrected chi connectivity index (χ3v) is 4.32. The molecule has 1 fully saturated rings. The number of hydrogen-bond acceptors (Lipinski definition) is 5. The Morgan fingerprint density at radius 3 is 2.74 bits per heavy atom. The SMILES string of the molecule is O[C@H]1CC[C@H](Nc2nccc(-n3cc4ccccc4n3)n2)CC1. The predicted octanol–water partition coefficient (Wildman–Crippen LogP) is 2.53. The number of nitrogens with zero attached hydrogens (tertiary/aromatic N) is 4. The molecule has 0 saturated heterocycles. The lowest BCUT2D eigenvalue weighted by molar-refractivity contribution is 0.126. The van der Waals surface area contributed by atoms with Crippen LogP contribution in [0, 0.1) is 0 Å². The maximum Gasteiger partial charge on any atom is 0.224 e. The van der Waals surface area contributed by atoms with E-state index in [1.54, 1.807) is 10.9 Å². The van der Waals surface area contributed by atoms with Gasteiger partial charge in [-0.3, -0.25) is 0 Å². The van der Waals surface area contributed by atoms with Crippen molar-refractivity contribution >= 4 is 16.9 Å². The van der Waals surface area contributed by atoms with E-state index >= 15 is 0 Å². The third-order valence-electron chi connectivity index (χ3n) is 4.32. The van der Waals surface area contributed by atoms with Crippen LogP contribution in [0.2, 0.25) is 0 Å². The van der Waals surface area contributed by atoms with Crippen LogP contribution in [0.4, 0.5) is 5.95 Å². The number of fused-ring (bicyclic) bond motifs is 1. The van der Waals surface area contributed by atoms with Gasteiger partial charge in [-0.25, -0.2) is 9.67 Å². The number of benzene rings is 1. The van der Waals surface area contributed by atoms with E-state index in [1.165, 1.54) is 0 Å². The number of rotatable bonds is 3. The Labute approximate surface area is 134 Å². The first-order valence-corrected chi connectivity index (χ1v) is 8.00. The van der Waals surface area contributed by atoms with Crippen LogP contribution in [0.25, 0.3) is 16.7 Å². The summed E-state index contributed by atoms with van der Waals surface area (Å²) in [6.07, 6.45) is 7.12. The number of aromatic nitrogens is 4. The highest BCUT2D eigenvalue weighted by atomic mass is 16.3. The van der Waals surface area contributed by atoms with Gasteiger partial charge in [-0.2, -0.15) is 10.1 Å². The summed E-state index contributed by atoms with van der Waals surface area (Å²) in [6, 6.07) is 10.2. The number of hydrogen-bond donors (Lipinski definition) is 2. The molecule has 0 bridgehead atoms. The molecule has 0 aliphatic heterocycles. The van der Waals surface area contributed by atoms with Crippen LogP contribution in [-0.4, -0.2) is 37.0 Å². The highest BCUT2D eigenvalue weighted by Crippen LogP contribution is 2.21. The molecule has 2 aromatic heterocycles. The van der Waals surface area contributed by atoms with Crippen molar-refractivity contribution in [3.05, 3.63) is 42.7 Å². The van der Waals surface area contributed by atoms with E-state index in [0.717, 1.165) is 42.4 Å². The number of anilines is 1. The topological polar surface area (TPSA) is 75.9 Å². The van der Waals surface area contributed by atoms with Gasteiger partial charge >= 0.3 is 0 Å². The van der Waals surface area contributed by atoms with Gasteiger partial charge in [0.2, 0.25) is 5.95 Å². The lowest BCUT2D eigenvalue weighted by Gasteiger charge is -2.26. The molecule has 6 nitrogen and oxygen atoms in total. The summed E-state index contributed by atoms with van der Waals surface area (Å²) in [5.41, 5.74) is 0.946. The zero-order valence-electron chi connectivity index (χ0n) is 12.8. The molecule has 4 rings (SSSR count). The van der Waals surface area contributed by atoms with E-state index in [2.05, 4.69) is 20.4 Å². The number of aliphatic hydroxyl groups excluding tert-OH is 1. The molecule has 3 aromatic rings. The van der Waals surface area contributed by atoms with Crippen molar-refractivity contribution in [2.75, 3.05) is 5.32 Å². The minimum absolute atomic E-state index is 0.156. The first-order valence-electron chi connectivity index (χ1n) is 8.00. The van der Waals surface area contributed by atoms with Gasteiger partial charge < -0.3 is 10.4 Å². The molecule has 1 aliphatic carbocycles. The Hall–Kier alpha value is -2.47. The van der Waals surface area contributed by atoms with Crippen molar-refractivity contribution in [3.8, 4) is 5.82 Å². The standard InChI is InChI=1S/C17H19N5O/c23-14-7-5-13(6-8-14)19-17-18-10-9-16(20-17)22-11-12-3-1-2-4-15(12)21-22/h1-4,9-11,13-14,23H,5-8H2,(H,18,19,20)/t13-,14-. The Morgan fingerprint density at radius 2 is 1.91 bits per heavy atom. The van der Waals surface area contributed by atoms with Gasteiger partial charge in [0.15, 0.2) is 5.82 Å². The highest BCUT2D eigenvalue weighted by molar-refractivity contribution is 5.78. The van der Waals surface area contributed by atoms with Crippen LogP contribution in [0.3, 0.4) is 0 Å². The molecule has 6 heteroatoms. The van der Waals surface area contributed by atoms with Crippen LogP contribution in [0.5, 0.6) is 0 Å². The largest absolute Gasteiger partial charge is 0.393 e. The van der Waals surface area contributed by atoms with Gasteiger partial charge in [0.1, 0.15) is 0 Å². The average Bonchev–Trinajstić information content (AvgIpc) is 3.01. The molecule has 23 heavy (non-hydrogen) atoms. The van der Waals surface area contributed by atoms with Gasteiger partial charge in [-0.05, 0) is 31.7 Å². The summed E-state index contributed by atoms with van der Waals surface area (Å²) in [5, 5.41) is 18.6. The van der Waals surface area contributed by atoms with E-state index in [1.807, 2.05) is 36.5 Å². The fraction of sp³-hybridized carbons (Fsp3) is 0.353. The highest BCUT2D eigenvalue weighted by Gasteiger charge is 2.19. The lowest BCUT2D eigenvalue weighted by atomic mass is 9.93. The molecule has 0 amide bonds. The van der Waals surface area contributed by atoms with Crippen LogP contribution in [0.15, 0.2) is 42.7 Å². The van der Waals surface area contributed by atoms with Crippen LogP contribution < -0.4 is 5.32 Å². The van der Waals surface area contributed by atoms with Crippen molar-refractivity contribution in [2.45, 2.75) is 37.8 Å². The summed E-state index contributed by atoms with van der Waals surface area (Å²) in [6.45, 7) is 0. The fourth-order valence-electron chi connectivity index (χ4n) is 3.03. The zero-order valence-corrected chi connectivity index (χ0v) is 12.8. The van der Waals surface area contributed by atoms with Crippen LogP contribution >= 0.6 is 0 Å². The van der Waals surface area contributed by atoms with Crippen LogP contribution in [-0.2, 0) is 0 Å². The fourth-order valence-corrected chi connectivity index (χ4v) is 3.03. The maximum absolute atomic E-state index is 9.58. The first kappa shape index (κ1) is 14.1. The quantitative estimate of drug-likeness (QED) is 0.777. The van der Waals surface area contributed by atoms with Gasteiger partial charge in [-0.15, -0.1) is 0 Å². The Bertz CT molecular complexity index is 774. The van der Waals surface area contributed by atoms with E-state index in [0.29, 0.717) is 12.0 Å². The van der Waals surface area contributed by atoms with Crippen molar-refractivity contribution < 1.29 is 5.11 Å². The average molecular weight is 309 g/mol. The Balaban J connectivity index is 1.56. The molecule has 0 radical (unpaired) electrons. The van der Waals surface area contributed by atoms with Crippen molar-refractivity contribution in [1.29, 1.82) is 0 Å². The summed E-state index contributed by atoms with van der Waals surface area (Å²) in [5.74, 6) is 1.36. The molecular weight excluding hydrogens is 290 g/mol. The molecule has 1 aromatic carbocycles. The van der Waals surface area contributed by atoms with Gasteiger partial charge in [-0.1, -0.05) is 18.2 Å². The van der Waals surface area contributed by atoms with E-state index < -0.39 is 0 Å². The second kappa shape index (κ2) is 5.96. The summed E-state index contributed by atoms with van der Waals surface area (Å²) < 4.78 is 1.78. The maximum atomic E-state index is 9.58. The van der Waals surface area contributed by atoms with E-state index in [9.17, 15) is 5.11 Å². The second-order valence-electron chi connectivity index (χ2n) is 6.02. The zero-order chi connectivity index (χ0) is 15.6. The van der Waals surface area contributed by atoms with E-state index in [-0.39, 0.29) is 6.10 Å². The molecular formula is C17H19N5O. The monoisotopic (exact) mass is 309 g/mol. The minimum atomic E-state index is -0.156. The minimum Gasteiger partial charge on any atom is -0.393 e. The van der Waals surface area contributed by atoms with E-state index in [4.69, 9.17) is 0 Å². The molecule has 0 atom stereocenters. The number of aliphatic hydroxyl groups is 1. The van der Waals surface area contributed by atoms with Gasteiger partial charge in [0, 0.05) is 29.9 Å². The Kier molecular flexibility index (Phi) is 3.67. The molecule has 0 unspecified atom stereocenters. The second-order valence-corrected chi connectivity index (χ2v) is 6.02. The summed E-state index contributed by atoms with van der Waals surface area (Å²) >= 11 is 0. The smallest absolute Gasteiger partial charge is 0.224 e. The molecule has 0 spiro atoms. The van der Waals surface area contributed by atoms with Crippen LogP contribution in [0.1, 0.15) is 25.7 Å². The molecule has 1 saturated carbocycles. The number of nitrogens with one attached hydrogen (secondary N) is 1. The van der Waals surface area contributed by atoms with Crippen molar-refractivity contribution in [3.63, 3.8) is 0 Å². The molecule has 118 valence electrons. The third kappa shape index (κ3) is 3.03. The Morgan fingerprint density at radius 1 is 1.09 bits per heavy atom. The summed E-state index contributed by atoms with van der Waals surface area (Å²) in [4.78, 5) is 8.87. The van der Waals surface area contributed by atoms with Gasteiger partial charge in [0.25, 0.3) is 0 Å². The molecule has 2 N–H and O–H groups in total. The molecule has 1 aliphatic rings.